The molecule has 0 amide bonds. The number of nitrogens with zero attached hydrogens (tertiary/aromatic N) is 4. The van der Waals surface area contributed by atoms with Crippen molar-refractivity contribution in [3.05, 3.63) is 48.7 Å². The lowest BCUT2D eigenvalue weighted by Gasteiger charge is -2.16. The second-order valence-corrected chi connectivity index (χ2v) is 7.09. The van der Waals surface area contributed by atoms with E-state index in [1.54, 1.807) is 24.5 Å². The molecule has 4 rings (SSSR count). The van der Waals surface area contributed by atoms with Gasteiger partial charge >= 0.3 is 0 Å². The summed E-state index contributed by atoms with van der Waals surface area (Å²) < 4.78 is 37.9. The average Bonchev–Trinajstić information content (AvgIpc) is 3.32. The monoisotopic (exact) mass is 371 g/mol. The third-order valence-electron chi connectivity index (χ3n) is 4.65. The largest absolute Gasteiger partial charge is 0.766 e. The number of halogens is 1. The van der Waals surface area contributed by atoms with E-state index in [1.807, 2.05) is 0 Å². The standard InChI is InChI=1S/C18H17FN4O2S/c19-13-7-5-12(6-8-13)16-17(15-9-10-20-18(22-15)26(24)25)23(11-21-16)14-3-1-2-4-14/h5-11,14H,1-4H2,(H,24,25)/p-1. The van der Waals surface area contributed by atoms with Crippen molar-refractivity contribution in [2.75, 3.05) is 0 Å². The van der Waals surface area contributed by atoms with Crippen molar-refractivity contribution in [1.82, 2.24) is 19.5 Å². The van der Waals surface area contributed by atoms with Crippen LogP contribution < -0.4 is 0 Å². The molecule has 6 nitrogen and oxygen atoms in total. The van der Waals surface area contributed by atoms with Gasteiger partial charge in [0.05, 0.1) is 23.4 Å². The molecular formula is C18H16FN4O2S-. The van der Waals surface area contributed by atoms with Crippen LogP contribution in [0.25, 0.3) is 22.6 Å². The van der Waals surface area contributed by atoms with E-state index in [-0.39, 0.29) is 11.0 Å². The molecule has 1 atom stereocenters. The van der Waals surface area contributed by atoms with Gasteiger partial charge in [-0.2, -0.15) is 0 Å². The molecular weight excluding hydrogens is 355 g/mol. The molecule has 8 heteroatoms. The number of imidazole rings is 1. The second-order valence-electron chi connectivity index (χ2n) is 6.25. The predicted molar refractivity (Wildman–Crippen MR) is 93.3 cm³/mol. The molecule has 0 aliphatic heterocycles. The van der Waals surface area contributed by atoms with E-state index < -0.39 is 11.1 Å². The van der Waals surface area contributed by atoms with Crippen molar-refractivity contribution in [2.45, 2.75) is 36.9 Å². The summed E-state index contributed by atoms with van der Waals surface area (Å²) in [4.78, 5) is 12.5. The maximum atomic E-state index is 13.3. The Morgan fingerprint density at radius 1 is 1.12 bits per heavy atom. The molecule has 26 heavy (non-hydrogen) atoms. The van der Waals surface area contributed by atoms with Crippen LogP contribution in [0.15, 0.2) is 48.0 Å². The maximum absolute atomic E-state index is 13.3. The molecule has 0 bridgehead atoms. The highest BCUT2D eigenvalue weighted by Crippen LogP contribution is 2.37. The Kier molecular flexibility index (Phi) is 4.60. The van der Waals surface area contributed by atoms with Gasteiger partial charge in [0.2, 0.25) is 5.16 Å². The van der Waals surface area contributed by atoms with Gasteiger partial charge in [-0.25, -0.2) is 19.3 Å². The van der Waals surface area contributed by atoms with Crippen LogP contribution in [0.3, 0.4) is 0 Å². The normalized spacial score (nSPS) is 16.1. The van der Waals surface area contributed by atoms with Crippen molar-refractivity contribution >= 4 is 11.1 Å². The molecule has 0 radical (unpaired) electrons. The van der Waals surface area contributed by atoms with Crippen LogP contribution in [-0.2, 0) is 11.1 Å². The van der Waals surface area contributed by atoms with Gasteiger partial charge in [0.25, 0.3) is 0 Å². The molecule has 0 N–H and O–H groups in total. The van der Waals surface area contributed by atoms with E-state index in [1.165, 1.54) is 18.3 Å². The molecule has 1 aliphatic carbocycles. The van der Waals surface area contributed by atoms with Gasteiger partial charge in [0, 0.05) is 28.9 Å². The zero-order valence-electron chi connectivity index (χ0n) is 13.8. The maximum Gasteiger partial charge on any atom is 0.205 e. The third kappa shape index (κ3) is 3.17. The molecule has 0 saturated heterocycles. The number of rotatable bonds is 4. The molecule has 1 aromatic carbocycles. The first-order valence-corrected chi connectivity index (χ1v) is 9.46. The van der Waals surface area contributed by atoms with Crippen molar-refractivity contribution in [3.8, 4) is 22.6 Å². The van der Waals surface area contributed by atoms with Crippen LogP contribution in [0.4, 0.5) is 4.39 Å². The highest BCUT2D eigenvalue weighted by atomic mass is 32.2. The number of aromatic nitrogens is 4. The second kappa shape index (κ2) is 7.05. The van der Waals surface area contributed by atoms with E-state index in [0.717, 1.165) is 36.9 Å². The van der Waals surface area contributed by atoms with E-state index in [0.29, 0.717) is 17.4 Å². The first-order chi connectivity index (χ1) is 12.6. The molecule has 1 saturated carbocycles. The van der Waals surface area contributed by atoms with Crippen molar-refractivity contribution in [2.24, 2.45) is 0 Å². The molecule has 1 aliphatic rings. The summed E-state index contributed by atoms with van der Waals surface area (Å²) in [5, 5.41) is -0.258. The highest BCUT2D eigenvalue weighted by Gasteiger charge is 2.24. The zero-order valence-corrected chi connectivity index (χ0v) is 14.7. The Morgan fingerprint density at radius 3 is 2.54 bits per heavy atom. The van der Waals surface area contributed by atoms with E-state index in [4.69, 9.17) is 0 Å². The van der Waals surface area contributed by atoms with Crippen molar-refractivity contribution in [1.29, 1.82) is 0 Å². The zero-order chi connectivity index (χ0) is 18.1. The molecule has 3 aromatic rings. The Bertz CT molecular complexity index is 952. The van der Waals surface area contributed by atoms with Gasteiger partial charge in [0.1, 0.15) is 5.82 Å². The van der Waals surface area contributed by atoms with Gasteiger partial charge in [-0.05, 0) is 43.2 Å². The SMILES string of the molecule is O=S([O-])c1nccc(-c2c(-c3ccc(F)cc3)ncn2C2CCCC2)n1. The van der Waals surface area contributed by atoms with Crippen molar-refractivity contribution in [3.63, 3.8) is 0 Å². The summed E-state index contributed by atoms with van der Waals surface area (Å²) in [5.41, 5.74) is 2.63. The van der Waals surface area contributed by atoms with Gasteiger partial charge < -0.3 is 9.12 Å². The summed E-state index contributed by atoms with van der Waals surface area (Å²) in [6, 6.07) is 8.05. The Morgan fingerprint density at radius 2 is 1.85 bits per heavy atom. The van der Waals surface area contributed by atoms with Crippen LogP contribution in [0, 0.1) is 5.82 Å². The quantitative estimate of drug-likeness (QED) is 0.518. The molecule has 1 unspecified atom stereocenters. The fourth-order valence-electron chi connectivity index (χ4n) is 3.45. The number of hydrogen-bond donors (Lipinski definition) is 0. The third-order valence-corrected chi connectivity index (χ3v) is 5.15. The van der Waals surface area contributed by atoms with Crippen LogP contribution in [0.1, 0.15) is 31.7 Å². The molecule has 134 valence electrons. The Labute approximate surface area is 152 Å². The molecule has 2 aromatic heterocycles. The first-order valence-electron chi connectivity index (χ1n) is 8.39. The van der Waals surface area contributed by atoms with Gasteiger partial charge in [-0.1, -0.05) is 12.8 Å². The fraction of sp³-hybridized carbons (Fsp3) is 0.278. The van der Waals surface area contributed by atoms with Crippen LogP contribution in [0.5, 0.6) is 0 Å². The van der Waals surface area contributed by atoms with E-state index in [9.17, 15) is 13.2 Å². The van der Waals surface area contributed by atoms with Gasteiger partial charge in [-0.3, -0.25) is 4.21 Å². The van der Waals surface area contributed by atoms with Crippen molar-refractivity contribution < 1.29 is 13.2 Å². The minimum atomic E-state index is -2.52. The molecule has 1 fully saturated rings. The van der Waals surface area contributed by atoms with E-state index >= 15 is 0 Å². The lowest BCUT2D eigenvalue weighted by molar-refractivity contribution is 0.520. The molecule has 2 heterocycles. The smallest absolute Gasteiger partial charge is 0.205 e. The van der Waals surface area contributed by atoms with Gasteiger partial charge in [0.15, 0.2) is 0 Å². The number of hydrogen-bond acceptors (Lipinski definition) is 5. The first kappa shape index (κ1) is 17.0. The highest BCUT2D eigenvalue weighted by molar-refractivity contribution is 7.78. The minimum Gasteiger partial charge on any atom is -0.766 e. The summed E-state index contributed by atoms with van der Waals surface area (Å²) in [5.74, 6) is -0.323. The van der Waals surface area contributed by atoms with Crippen LogP contribution in [-0.4, -0.2) is 28.3 Å². The summed E-state index contributed by atoms with van der Waals surface area (Å²) in [7, 11) is 0. The molecule has 0 spiro atoms. The topological polar surface area (TPSA) is 83.7 Å². The number of benzene rings is 1. The van der Waals surface area contributed by atoms with Gasteiger partial charge in [-0.15, -0.1) is 0 Å². The average molecular weight is 371 g/mol. The fourth-order valence-corrected chi connectivity index (χ4v) is 3.77. The Balaban J connectivity index is 1.89. The summed E-state index contributed by atoms with van der Waals surface area (Å²) >= 11 is -2.52. The minimum absolute atomic E-state index is 0.258. The lowest BCUT2D eigenvalue weighted by atomic mass is 10.1. The van der Waals surface area contributed by atoms with E-state index in [2.05, 4.69) is 19.5 Å². The lowest BCUT2D eigenvalue weighted by Crippen LogP contribution is -2.07. The Hall–Kier alpha value is -2.45. The van der Waals surface area contributed by atoms with Crippen LogP contribution >= 0.6 is 0 Å². The van der Waals surface area contributed by atoms with Crippen LogP contribution in [0.2, 0.25) is 0 Å². The summed E-state index contributed by atoms with van der Waals surface area (Å²) in [6.45, 7) is 0. The predicted octanol–water partition coefficient (Wildman–Crippen LogP) is 3.50. The summed E-state index contributed by atoms with van der Waals surface area (Å²) in [6.07, 6.45) is 7.56.